The number of hydrogen-bond acceptors (Lipinski definition) is 6. The van der Waals surface area contributed by atoms with Crippen LogP contribution in [0.1, 0.15) is 26.7 Å². The van der Waals surface area contributed by atoms with E-state index in [-0.39, 0.29) is 22.8 Å². The lowest BCUT2D eigenvalue weighted by Gasteiger charge is -2.11. The van der Waals surface area contributed by atoms with Gasteiger partial charge in [0.25, 0.3) is 11.8 Å². The van der Waals surface area contributed by atoms with Gasteiger partial charge in [0, 0.05) is 38.1 Å². The Morgan fingerprint density at radius 1 is 0.974 bits per heavy atom. The molecule has 0 bridgehead atoms. The minimum atomic E-state index is -0.455. The molecule has 39 heavy (non-hydrogen) atoms. The van der Waals surface area contributed by atoms with Crippen LogP contribution in [0.3, 0.4) is 0 Å². The Bertz CT molecular complexity index is 1640. The quantitative estimate of drug-likeness (QED) is 0.266. The molecule has 5 rings (SSSR count). The predicted molar refractivity (Wildman–Crippen MR) is 150 cm³/mol. The first kappa shape index (κ1) is 25.7. The Morgan fingerprint density at radius 3 is 2.54 bits per heavy atom. The summed E-state index contributed by atoms with van der Waals surface area (Å²) in [5.41, 5.74) is 2.48. The second-order valence-electron chi connectivity index (χ2n) is 8.61. The van der Waals surface area contributed by atoms with E-state index in [4.69, 9.17) is 11.6 Å². The van der Waals surface area contributed by atoms with Crippen LogP contribution in [0.25, 0.3) is 16.9 Å². The number of aryl methyl sites for hydroxylation is 1. The number of aromatic nitrogens is 5. The van der Waals surface area contributed by atoms with Gasteiger partial charge in [0.1, 0.15) is 17.5 Å². The molecule has 10 nitrogen and oxygen atoms in total. The average molecular weight is 541 g/mol. The van der Waals surface area contributed by atoms with Gasteiger partial charge in [-0.2, -0.15) is 5.10 Å². The number of benzene rings is 2. The molecule has 11 heteroatoms. The molecule has 0 aliphatic heterocycles. The van der Waals surface area contributed by atoms with E-state index in [0.29, 0.717) is 28.8 Å². The SMILES string of the molecule is CNc1cccc(-c2ccc(Cl)c(C(=O)Nc3cc(C(=O)NCc4nccn4C)nn3-c3ccccc3)c2)n1. The molecule has 5 aromatic rings. The number of amides is 2. The third-order valence-corrected chi connectivity index (χ3v) is 6.35. The van der Waals surface area contributed by atoms with E-state index in [9.17, 15) is 9.59 Å². The third-order valence-electron chi connectivity index (χ3n) is 6.02. The molecule has 0 aliphatic rings. The highest BCUT2D eigenvalue weighted by molar-refractivity contribution is 6.34. The molecule has 0 spiro atoms. The molecule has 2 aromatic carbocycles. The summed E-state index contributed by atoms with van der Waals surface area (Å²) in [7, 11) is 3.63. The normalized spacial score (nSPS) is 10.7. The molecule has 0 saturated carbocycles. The van der Waals surface area contributed by atoms with Gasteiger partial charge in [0.05, 0.1) is 28.5 Å². The number of pyridine rings is 1. The number of carbonyl (C=O) groups excluding carboxylic acids is 2. The highest BCUT2D eigenvalue weighted by Crippen LogP contribution is 2.26. The Labute approximate surface area is 229 Å². The van der Waals surface area contributed by atoms with E-state index in [0.717, 1.165) is 5.56 Å². The number of rotatable bonds is 8. The van der Waals surface area contributed by atoms with Gasteiger partial charge in [-0.1, -0.05) is 41.9 Å². The van der Waals surface area contributed by atoms with E-state index in [1.54, 1.807) is 37.6 Å². The Balaban J connectivity index is 1.44. The van der Waals surface area contributed by atoms with Crippen LogP contribution >= 0.6 is 11.6 Å². The number of nitrogens with one attached hydrogen (secondary N) is 3. The summed E-state index contributed by atoms with van der Waals surface area (Å²) >= 11 is 6.43. The van der Waals surface area contributed by atoms with Crippen LogP contribution < -0.4 is 16.0 Å². The number of carbonyl (C=O) groups is 2. The maximum Gasteiger partial charge on any atom is 0.272 e. The minimum Gasteiger partial charge on any atom is -0.373 e. The lowest BCUT2D eigenvalue weighted by atomic mass is 10.1. The summed E-state index contributed by atoms with van der Waals surface area (Å²) in [5, 5.41) is 13.4. The van der Waals surface area contributed by atoms with E-state index in [1.807, 2.05) is 60.1 Å². The third kappa shape index (κ3) is 5.65. The first-order valence-electron chi connectivity index (χ1n) is 12.1. The highest BCUT2D eigenvalue weighted by Gasteiger charge is 2.20. The smallest absolute Gasteiger partial charge is 0.272 e. The summed E-state index contributed by atoms with van der Waals surface area (Å²) in [5.74, 6) is 0.852. The fourth-order valence-electron chi connectivity index (χ4n) is 3.94. The zero-order valence-corrected chi connectivity index (χ0v) is 22.0. The molecule has 196 valence electrons. The zero-order chi connectivity index (χ0) is 27.4. The molecule has 0 radical (unpaired) electrons. The number of halogens is 1. The monoisotopic (exact) mass is 540 g/mol. The number of anilines is 2. The number of hydrogen-bond donors (Lipinski definition) is 3. The molecule has 3 heterocycles. The Morgan fingerprint density at radius 2 is 1.79 bits per heavy atom. The molecule has 0 saturated heterocycles. The van der Waals surface area contributed by atoms with E-state index in [1.165, 1.54) is 10.7 Å². The molecule has 0 atom stereocenters. The maximum atomic E-state index is 13.4. The maximum absolute atomic E-state index is 13.4. The van der Waals surface area contributed by atoms with Crippen molar-refractivity contribution < 1.29 is 9.59 Å². The van der Waals surface area contributed by atoms with Crippen LogP contribution in [-0.4, -0.2) is 43.2 Å². The fraction of sp³-hybridized carbons (Fsp3) is 0.107. The Kier molecular flexibility index (Phi) is 7.37. The van der Waals surface area contributed by atoms with Crippen molar-refractivity contribution in [3.05, 3.63) is 107 Å². The summed E-state index contributed by atoms with van der Waals surface area (Å²) in [4.78, 5) is 35.1. The van der Waals surface area contributed by atoms with Crippen LogP contribution in [0, 0.1) is 0 Å². The first-order valence-corrected chi connectivity index (χ1v) is 12.5. The second-order valence-corrected chi connectivity index (χ2v) is 9.01. The second kappa shape index (κ2) is 11.2. The molecule has 0 aliphatic carbocycles. The molecule has 0 fully saturated rings. The largest absolute Gasteiger partial charge is 0.373 e. The lowest BCUT2D eigenvalue weighted by molar-refractivity contribution is 0.0943. The highest BCUT2D eigenvalue weighted by atomic mass is 35.5. The predicted octanol–water partition coefficient (Wildman–Crippen LogP) is 4.55. The molecule has 3 N–H and O–H groups in total. The van der Waals surface area contributed by atoms with Crippen molar-refractivity contribution >= 4 is 35.1 Å². The minimum absolute atomic E-state index is 0.135. The van der Waals surface area contributed by atoms with Crippen LogP contribution in [0.4, 0.5) is 11.6 Å². The van der Waals surface area contributed by atoms with Crippen molar-refractivity contribution in [3.8, 4) is 16.9 Å². The topological polar surface area (TPSA) is 119 Å². The Hall–Kier alpha value is -4.96. The molecular weight excluding hydrogens is 516 g/mol. The van der Waals surface area contributed by atoms with Gasteiger partial charge >= 0.3 is 0 Å². The van der Waals surface area contributed by atoms with Gasteiger partial charge in [-0.25, -0.2) is 14.6 Å². The van der Waals surface area contributed by atoms with Crippen molar-refractivity contribution in [1.82, 2.24) is 29.6 Å². The van der Waals surface area contributed by atoms with Crippen molar-refractivity contribution in [1.29, 1.82) is 0 Å². The van der Waals surface area contributed by atoms with Crippen LogP contribution in [0.15, 0.2) is 85.2 Å². The average Bonchev–Trinajstić information content (AvgIpc) is 3.58. The van der Waals surface area contributed by atoms with Gasteiger partial charge in [-0.05, 0) is 36.4 Å². The molecular formula is C28H25ClN8O2. The van der Waals surface area contributed by atoms with Crippen molar-refractivity contribution in [2.24, 2.45) is 7.05 Å². The van der Waals surface area contributed by atoms with Crippen molar-refractivity contribution in [3.63, 3.8) is 0 Å². The summed E-state index contributed by atoms with van der Waals surface area (Å²) < 4.78 is 3.32. The van der Waals surface area contributed by atoms with Gasteiger partial charge in [-0.15, -0.1) is 0 Å². The standard InChI is InChI=1S/C28H25ClN8O2/c1-30-24-10-6-9-22(33-24)18-11-12-21(29)20(15-18)27(38)34-25-16-23(35-37(25)19-7-4-3-5-8-19)28(39)32-17-26-31-13-14-36(26)2/h3-16H,17H2,1-2H3,(H,30,33)(H,32,39)(H,34,38). The van der Waals surface area contributed by atoms with Crippen LogP contribution in [0.2, 0.25) is 5.02 Å². The fourth-order valence-corrected chi connectivity index (χ4v) is 4.14. The first-order chi connectivity index (χ1) is 18.9. The van der Waals surface area contributed by atoms with Crippen LogP contribution in [-0.2, 0) is 13.6 Å². The van der Waals surface area contributed by atoms with Crippen LogP contribution in [0.5, 0.6) is 0 Å². The molecule has 2 amide bonds. The van der Waals surface area contributed by atoms with E-state index < -0.39 is 11.8 Å². The molecule has 0 unspecified atom stereocenters. The van der Waals surface area contributed by atoms with Crippen molar-refractivity contribution in [2.45, 2.75) is 6.54 Å². The number of para-hydroxylation sites is 1. The van der Waals surface area contributed by atoms with E-state index >= 15 is 0 Å². The van der Waals surface area contributed by atoms with Gasteiger partial charge in [0.15, 0.2) is 5.69 Å². The van der Waals surface area contributed by atoms with Gasteiger partial charge in [-0.3, -0.25) is 9.59 Å². The van der Waals surface area contributed by atoms with E-state index in [2.05, 4.69) is 31.0 Å². The zero-order valence-electron chi connectivity index (χ0n) is 21.2. The lowest BCUT2D eigenvalue weighted by Crippen LogP contribution is -2.24. The van der Waals surface area contributed by atoms with Gasteiger partial charge in [0.2, 0.25) is 0 Å². The molecule has 3 aromatic heterocycles. The summed E-state index contributed by atoms with van der Waals surface area (Å²) in [6, 6.07) is 21.5. The summed E-state index contributed by atoms with van der Waals surface area (Å²) in [6.45, 7) is 0.230. The van der Waals surface area contributed by atoms with Gasteiger partial charge < -0.3 is 20.5 Å². The summed E-state index contributed by atoms with van der Waals surface area (Å²) in [6.07, 6.45) is 3.46. The van der Waals surface area contributed by atoms with Crippen molar-refractivity contribution in [2.75, 3.05) is 17.7 Å². The number of nitrogens with zero attached hydrogens (tertiary/aromatic N) is 5. The number of imidazole rings is 1.